The summed E-state index contributed by atoms with van der Waals surface area (Å²) in [5, 5.41) is 3.35. The highest BCUT2D eigenvalue weighted by Crippen LogP contribution is 2.36. The molecule has 0 amide bonds. The van der Waals surface area contributed by atoms with Crippen molar-refractivity contribution in [3.05, 3.63) is 58.9 Å². The summed E-state index contributed by atoms with van der Waals surface area (Å²) in [7, 11) is 0. The Bertz CT molecular complexity index is 490. The third kappa shape index (κ3) is 2.07. The van der Waals surface area contributed by atoms with Crippen LogP contribution in [-0.4, -0.2) is 13.1 Å². The van der Waals surface area contributed by atoms with Gasteiger partial charge in [-0.25, -0.2) is 0 Å². The normalized spacial score (nSPS) is 23.8. The molecule has 3 heteroatoms. The maximum absolute atomic E-state index is 5.55. The number of hydrogen-bond donors (Lipinski definition) is 2. The first-order valence-corrected chi connectivity index (χ1v) is 6.44. The summed E-state index contributed by atoms with van der Waals surface area (Å²) >= 11 is 0. The van der Waals surface area contributed by atoms with Crippen LogP contribution in [0.1, 0.15) is 24.9 Å². The van der Waals surface area contributed by atoms with Gasteiger partial charge in [0.15, 0.2) is 0 Å². The maximum Gasteiger partial charge on any atom is 0.126 e. The van der Waals surface area contributed by atoms with Crippen molar-refractivity contribution < 1.29 is 4.84 Å². The first kappa shape index (κ1) is 11.5. The van der Waals surface area contributed by atoms with Gasteiger partial charge in [-0.1, -0.05) is 36.4 Å². The predicted molar refractivity (Wildman–Crippen MR) is 71.7 cm³/mol. The summed E-state index contributed by atoms with van der Waals surface area (Å²) in [6.07, 6.45) is 3.34. The molecule has 1 unspecified atom stereocenters. The standard InChI is InChI=1S/C15H18N2O/c1-11-14(12-7-9-16-10-8-12)15(17-18-11)13-5-3-2-4-6-13/h2-7,15-17H,8-10H2,1H3. The van der Waals surface area contributed by atoms with E-state index >= 15 is 0 Å². The van der Waals surface area contributed by atoms with Gasteiger partial charge in [-0.2, -0.15) is 0 Å². The van der Waals surface area contributed by atoms with E-state index < -0.39 is 0 Å². The molecule has 2 N–H and O–H groups in total. The van der Waals surface area contributed by atoms with E-state index in [1.165, 1.54) is 16.7 Å². The van der Waals surface area contributed by atoms with E-state index in [1.807, 2.05) is 13.0 Å². The van der Waals surface area contributed by atoms with E-state index in [0.29, 0.717) is 0 Å². The van der Waals surface area contributed by atoms with Gasteiger partial charge in [-0.15, -0.1) is 5.48 Å². The van der Waals surface area contributed by atoms with Gasteiger partial charge in [0.2, 0.25) is 0 Å². The van der Waals surface area contributed by atoms with Gasteiger partial charge < -0.3 is 10.2 Å². The van der Waals surface area contributed by atoms with Crippen molar-refractivity contribution in [3.8, 4) is 0 Å². The van der Waals surface area contributed by atoms with Crippen molar-refractivity contribution in [2.75, 3.05) is 13.1 Å². The Morgan fingerprint density at radius 3 is 2.78 bits per heavy atom. The Hall–Kier alpha value is -1.58. The molecule has 1 aromatic carbocycles. The average molecular weight is 242 g/mol. The second-order valence-corrected chi connectivity index (χ2v) is 4.72. The number of nitrogens with one attached hydrogen (secondary N) is 2. The highest BCUT2D eigenvalue weighted by atomic mass is 16.7. The topological polar surface area (TPSA) is 33.3 Å². The lowest BCUT2D eigenvalue weighted by Gasteiger charge is -2.19. The Kier molecular flexibility index (Phi) is 3.17. The zero-order chi connectivity index (χ0) is 12.4. The van der Waals surface area contributed by atoms with Crippen molar-refractivity contribution in [2.45, 2.75) is 19.4 Å². The number of allylic oxidation sites excluding steroid dienone is 1. The molecule has 0 saturated carbocycles. The Labute approximate surface area is 107 Å². The fourth-order valence-electron chi connectivity index (χ4n) is 2.62. The molecule has 2 heterocycles. The Morgan fingerprint density at radius 1 is 1.22 bits per heavy atom. The molecule has 1 aromatic rings. The molecular formula is C15H18N2O. The quantitative estimate of drug-likeness (QED) is 0.835. The van der Waals surface area contributed by atoms with Crippen LogP contribution in [0.2, 0.25) is 0 Å². The molecule has 0 fully saturated rings. The van der Waals surface area contributed by atoms with Crippen LogP contribution in [0, 0.1) is 0 Å². The van der Waals surface area contributed by atoms with E-state index in [1.54, 1.807) is 0 Å². The molecule has 3 rings (SSSR count). The molecule has 3 nitrogen and oxygen atoms in total. The first-order chi connectivity index (χ1) is 8.86. The summed E-state index contributed by atoms with van der Waals surface area (Å²) in [4.78, 5) is 5.55. The van der Waals surface area contributed by atoms with E-state index in [2.05, 4.69) is 41.1 Å². The van der Waals surface area contributed by atoms with Gasteiger partial charge in [0.1, 0.15) is 5.76 Å². The molecule has 0 bridgehead atoms. The molecule has 2 aliphatic heterocycles. The van der Waals surface area contributed by atoms with Crippen LogP contribution in [0.15, 0.2) is 53.3 Å². The smallest absolute Gasteiger partial charge is 0.126 e. The van der Waals surface area contributed by atoms with E-state index in [0.717, 1.165) is 25.3 Å². The number of benzene rings is 1. The number of hydrogen-bond acceptors (Lipinski definition) is 3. The van der Waals surface area contributed by atoms with Crippen molar-refractivity contribution in [1.82, 2.24) is 10.8 Å². The summed E-state index contributed by atoms with van der Waals surface area (Å²) in [5.74, 6) is 0.997. The van der Waals surface area contributed by atoms with E-state index in [9.17, 15) is 0 Å². The molecule has 2 aliphatic rings. The van der Waals surface area contributed by atoms with Crippen LogP contribution in [0.25, 0.3) is 0 Å². The average Bonchev–Trinajstić information content (AvgIpc) is 2.83. The molecule has 0 aromatic heterocycles. The second kappa shape index (κ2) is 4.96. The van der Waals surface area contributed by atoms with Crippen LogP contribution in [0.3, 0.4) is 0 Å². The molecule has 18 heavy (non-hydrogen) atoms. The van der Waals surface area contributed by atoms with Gasteiger partial charge in [0, 0.05) is 12.1 Å². The molecule has 0 aliphatic carbocycles. The lowest BCUT2D eigenvalue weighted by atomic mass is 9.90. The summed E-state index contributed by atoms with van der Waals surface area (Å²) < 4.78 is 0. The Morgan fingerprint density at radius 2 is 2.06 bits per heavy atom. The molecule has 0 spiro atoms. The first-order valence-electron chi connectivity index (χ1n) is 6.44. The lowest BCUT2D eigenvalue weighted by molar-refractivity contribution is 0.118. The van der Waals surface area contributed by atoms with Crippen LogP contribution in [0.5, 0.6) is 0 Å². The largest absolute Gasteiger partial charge is 0.412 e. The van der Waals surface area contributed by atoms with Gasteiger partial charge in [0.25, 0.3) is 0 Å². The molecular weight excluding hydrogens is 224 g/mol. The molecule has 0 saturated heterocycles. The zero-order valence-electron chi connectivity index (χ0n) is 10.6. The van der Waals surface area contributed by atoms with Crippen LogP contribution in [0.4, 0.5) is 0 Å². The van der Waals surface area contributed by atoms with Gasteiger partial charge in [-0.05, 0) is 31.0 Å². The van der Waals surface area contributed by atoms with Crippen LogP contribution in [-0.2, 0) is 4.84 Å². The minimum absolute atomic E-state index is 0.163. The minimum atomic E-state index is 0.163. The highest BCUT2D eigenvalue weighted by molar-refractivity contribution is 5.44. The van der Waals surface area contributed by atoms with E-state index in [-0.39, 0.29) is 6.04 Å². The van der Waals surface area contributed by atoms with Gasteiger partial charge >= 0.3 is 0 Å². The van der Waals surface area contributed by atoms with Crippen molar-refractivity contribution in [2.24, 2.45) is 0 Å². The summed E-state index contributed by atoms with van der Waals surface area (Å²) in [5.41, 5.74) is 7.10. The fraction of sp³-hybridized carbons (Fsp3) is 0.333. The van der Waals surface area contributed by atoms with Crippen molar-refractivity contribution >= 4 is 0 Å². The predicted octanol–water partition coefficient (Wildman–Crippen LogP) is 2.46. The summed E-state index contributed by atoms with van der Waals surface area (Å²) in [6, 6.07) is 10.6. The second-order valence-electron chi connectivity index (χ2n) is 4.72. The van der Waals surface area contributed by atoms with Crippen LogP contribution < -0.4 is 10.8 Å². The summed E-state index contributed by atoms with van der Waals surface area (Å²) in [6.45, 7) is 4.03. The third-order valence-electron chi connectivity index (χ3n) is 3.54. The van der Waals surface area contributed by atoms with E-state index in [4.69, 9.17) is 4.84 Å². The number of rotatable bonds is 2. The molecule has 0 radical (unpaired) electrons. The lowest BCUT2D eigenvalue weighted by Crippen LogP contribution is -2.23. The highest BCUT2D eigenvalue weighted by Gasteiger charge is 2.29. The minimum Gasteiger partial charge on any atom is -0.412 e. The maximum atomic E-state index is 5.55. The molecule has 94 valence electrons. The fourth-order valence-corrected chi connectivity index (χ4v) is 2.62. The zero-order valence-corrected chi connectivity index (χ0v) is 10.6. The number of hydroxylamine groups is 1. The Balaban J connectivity index is 1.95. The van der Waals surface area contributed by atoms with Gasteiger partial charge in [-0.3, -0.25) is 0 Å². The van der Waals surface area contributed by atoms with Gasteiger partial charge in [0.05, 0.1) is 6.04 Å². The molecule has 1 atom stereocenters. The monoisotopic (exact) mass is 242 g/mol. The SMILES string of the molecule is CC1=C(C2=CCNCC2)C(c2ccccc2)NO1. The van der Waals surface area contributed by atoms with Crippen LogP contribution >= 0.6 is 0 Å². The van der Waals surface area contributed by atoms with Crippen molar-refractivity contribution in [1.29, 1.82) is 0 Å². The van der Waals surface area contributed by atoms with Crippen molar-refractivity contribution in [3.63, 3.8) is 0 Å². The third-order valence-corrected chi connectivity index (χ3v) is 3.54.